The van der Waals surface area contributed by atoms with Crippen LogP contribution in [0.15, 0.2) is 36.4 Å². The molecule has 3 aliphatic rings. The van der Waals surface area contributed by atoms with Crippen molar-refractivity contribution in [2.75, 3.05) is 26.2 Å². The molecule has 0 aliphatic carbocycles. The quantitative estimate of drug-likeness (QED) is 0.215. The summed E-state index contributed by atoms with van der Waals surface area (Å²) in [5.74, 6) is -2.28. The lowest BCUT2D eigenvalue weighted by molar-refractivity contribution is -0.384. The summed E-state index contributed by atoms with van der Waals surface area (Å²) in [4.78, 5) is 55.0. The van der Waals surface area contributed by atoms with Gasteiger partial charge in [-0.15, -0.1) is 0 Å². The van der Waals surface area contributed by atoms with Gasteiger partial charge in [-0.2, -0.15) is 0 Å². The molecule has 0 radical (unpaired) electrons. The van der Waals surface area contributed by atoms with Gasteiger partial charge in [0.2, 0.25) is 11.8 Å². The molecule has 0 spiro atoms. The molecule has 5 rings (SSSR count). The van der Waals surface area contributed by atoms with E-state index in [9.17, 15) is 24.5 Å². The van der Waals surface area contributed by atoms with Gasteiger partial charge < -0.3 is 14.2 Å². The number of non-ortho nitro benzene ring substituents is 1. The Morgan fingerprint density at radius 3 is 2.26 bits per heavy atom. The molecule has 0 saturated carbocycles. The lowest BCUT2D eigenvalue weighted by Crippen LogP contribution is -2.52. The number of fused-ring (bicyclic) bond motifs is 5. The first-order chi connectivity index (χ1) is 18.8. The third-order valence-corrected chi connectivity index (χ3v) is 8.21. The molecular formula is C28H31N3O8. The molecule has 2 fully saturated rings. The van der Waals surface area contributed by atoms with Crippen molar-refractivity contribution in [3.05, 3.63) is 57.6 Å². The number of imide groups is 1. The number of esters is 1. The molecule has 3 heterocycles. The fourth-order valence-corrected chi connectivity index (χ4v) is 6.54. The highest BCUT2D eigenvalue weighted by Crippen LogP contribution is 2.56. The summed E-state index contributed by atoms with van der Waals surface area (Å²) >= 11 is 0. The van der Waals surface area contributed by atoms with Gasteiger partial charge in [0.15, 0.2) is 11.5 Å². The largest absolute Gasteiger partial charge is 0.493 e. The lowest BCUT2D eigenvalue weighted by Gasteiger charge is -2.43. The summed E-state index contributed by atoms with van der Waals surface area (Å²) in [5, 5.41) is 11.1. The van der Waals surface area contributed by atoms with Crippen LogP contribution < -0.4 is 14.4 Å². The second kappa shape index (κ2) is 10.3. The van der Waals surface area contributed by atoms with E-state index in [1.54, 1.807) is 7.11 Å². The number of hydrogen-bond donors (Lipinski definition) is 0. The van der Waals surface area contributed by atoms with Gasteiger partial charge >= 0.3 is 5.97 Å². The number of anilines is 1. The Morgan fingerprint density at radius 1 is 1.03 bits per heavy atom. The van der Waals surface area contributed by atoms with E-state index in [1.165, 1.54) is 38.5 Å². The number of carbonyl (C=O) groups is 3. The van der Waals surface area contributed by atoms with Crippen LogP contribution in [0.5, 0.6) is 11.5 Å². The molecule has 2 saturated heterocycles. The van der Waals surface area contributed by atoms with E-state index in [0.29, 0.717) is 17.9 Å². The van der Waals surface area contributed by atoms with E-state index in [1.807, 2.05) is 17.0 Å². The van der Waals surface area contributed by atoms with E-state index in [4.69, 9.17) is 14.2 Å². The van der Waals surface area contributed by atoms with E-state index >= 15 is 0 Å². The van der Waals surface area contributed by atoms with Crippen molar-refractivity contribution >= 4 is 29.2 Å². The van der Waals surface area contributed by atoms with Crippen LogP contribution in [-0.2, 0) is 25.5 Å². The third kappa shape index (κ3) is 4.12. The van der Waals surface area contributed by atoms with Crippen molar-refractivity contribution in [1.29, 1.82) is 0 Å². The normalized spacial score (nSPS) is 25.6. The second-order valence-corrected chi connectivity index (χ2v) is 10.1. The van der Waals surface area contributed by atoms with Gasteiger partial charge in [-0.3, -0.25) is 29.4 Å². The lowest BCUT2D eigenvalue weighted by atomic mass is 9.81. The number of amides is 2. The molecule has 0 aromatic heterocycles. The first-order valence-electron chi connectivity index (χ1n) is 13.0. The Kier molecular flexibility index (Phi) is 7.02. The Bertz CT molecular complexity index is 1330. The van der Waals surface area contributed by atoms with Gasteiger partial charge in [-0.05, 0) is 48.2 Å². The molecular weight excluding hydrogens is 506 g/mol. The number of nitro benzene ring substituents is 1. The zero-order valence-corrected chi connectivity index (χ0v) is 22.3. The number of benzene rings is 2. The zero-order chi connectivity index (χ0) is 28.0. The molecule has 3 aliphatic heterocycles. The van der Waals surface area contributed by atoms with Crippen molar-refractivity contribution in [3.8, 4) is 11.5 Å². The topological polar surface area (TPSA) is 129 Å². The SMILES string of the molecule is CCCC[C@H]1Cc2cc(OC)c(OC)cc2[C@H]2[C@H]3C(=O)N(c4ccc([N+](=O)[O-])cc4)C(=O)[C@H]3[C@H](C(=O)OC)N12. The number of nitro groups is 1. The van der Waals surface area contributed by atoms with Crippen LogP contribution in [0, 0.1) is 22.0 Å². The van der Waals surface area contributed by atoms with Gasteiger partial charge in [0.25, 0.3) is 5.69 Å². The minimum absolute atomic E-state index is 0.0938. The Labute approximate surface area is 225 Å². The molecule has 39 heavy (non-hydrogen) atoms. The van der Waals surface area contributed by atoms with Gasteiger partial charge in [0.1, 0.15) is 6.04 Å². The Balaban J connectivity index is 1.66. The molecule has 5 atom stereocenters. The van der Waals surface area contributed by atoms with Gasteiger partial charge in [0, 0.05) is 24.2 Å². The molecule has 206 valence electrons. The first kappa shape index (κ1) is 26.6. The van der Waals surface area contributed by atoms with E-state index < -0.39 is 46.6 Å². The number of nitrogens with zero attached hydrogens (tertiary/aromatic N) is 3. The fourth-order valence-electron chi connectivity index (χ4n) is 6.54. The standard InChI is InChI=1S/C28H31N3O8/c1-5-6-7-18-12-15-13-20(37-2)21(38-3)14-19(15)24-22-23(25(29(18)24)28(34)39-4)27(33)30(26(22)32)16-8-10-17(11-9-16)31(35)36/h8-11,13-14,18,22-25H,5-7,12H2,1-4H3/t18-,22-,23+,24-,25+/m0/s1. The van der Waals surface area contributed by atoms with Crippen LogP contribution in [-0.4, -0.2) is 61.0 Å². The summed E-state index contributed by atoms with van der Waals surface area (Å²) in [5.41, 5.74) is 1.87. The van der Waals surface area contributed by atoms with Crippen molar-refractivity contribution in [3.63, 3.8) is 0 Å². The summed E-state index contributed by atoms with van der Waals surface area (Å²) in [7, 11) is 4.38. The van der Waals surface area contributed by atoms with Crippen molar-refractivity contribution in [1.82, 2.24) is 4.90 Å². The number of unbranched alkanes of at least 4 members (excludes halogenated alkanes) is 1. The molecule has 0 N–H and O–H groups in total. The fraction of sp³-hybridized carbons (Fsp3) is 0.464. The predicted molar refractivity (Wildman–Crippen MR) is 140 cm³/mol. The van der Waals surface area contributed by atoms with Crippen molar-refractivity contribution in [2.45, 2.75) is 50.7 Å². The monoisotopic (exact) mass is 537 g/mol. The average Bonchev–Trinajstić information content (AvgIpc) is 3.43. The summed E-state index contributed by atoms with van der Waals surface area (Å²) in [6, 6.07) is 7.41. The van der Waals surface area contributed by atoms with Gasteiger partial charge in [-0.25, -0.2) is 4.90 Å². The van der Waals surface area contributed by atoms with Crippen molar-refractivity contribution < 1.29 is 33.5 Å². The minimum Gasteiger partial charge on any atom is -0.493 e. The average molecular weight is 538 g/mol. The van der Waals surface area contributed by atoms with Crippen molar-refractivity contribution in [2.24, 2.45) is 11.8 Å². The Morgan fingerprint density at radius 2 is 1.67 bits per heavy atom. The number of hydrogen-bond acceptors (Lipinski definition) is 9. The van der Waals surface area contributed by atoms with E-state index in [0.717, 1.165) is 35.3 Å². The summed E-state index contributed by atoms with van der Waals surface area (Å²) in [6.45, 7) is 2.09. The molecule has 11 heteroatoms. The van der Waals surface area contributed by atoms with Crippen LogP contribution >= 0.6 is 0 Å². The molecule has 0 unspecified atom stereocenters. The highest BCUT2D eigenvalue weighted by molar-refractivity contribution is 6.23. The first-order valence-corrected chi connectivity index (χ1v) is 13.0. The van der Waals surface area contributed by atoms with Crippen LogP contribution in [0.4, 0.5) is 11.4 Å². The molecule has 2 amide bonds. The minimum atomic E-state index is -0.965. The highest BCUT2D eigenvalue weighted by Gasteiger charge is 2.67. The number of rotatable bonds is 8. The number of ether oxygens (including phenoxy) is 3. The zero-order valence-electron chi connectivity index (χ0n) is 22.3. The predicted octanol–water partition coefficient (Wildman–Crippen LogP) is 3.43. The van der Waals surface area contributed by atoms with Crippen LogP contribution in [0.1, 0.15) is 43.4 Å². The number of carbonyl (C=O) groups excluding carboxylic acids is 3. The molecule has 2 aromatic rings. The summed E-state index contributed by atoms with van der Waals surface area (Å²) < 4.78 is 16.3. The maximum absolute atomic E-state index is 14.1. The van der Waals surface area contributed by atoms with Gasteiger partial charge in [0.05, 0.1) is 43.8 Å². The second-order valence-electron chi connectivity index (χ2n) is 10.1. The molecule has 0 bridgehead atoms. The Hall–Kier alpha value is -3.99. The van der Waals surface area contributed by atoms with Crippen LogP contribution in [0.3, 0.4) is 0 Å². The number of methoxy groups -OCH3 is 3. The van der Waals surface area contributed by atoms with Crippen LogP contribution in [0.25, 0.3) is 0 Å². The third-order valence-electron chi connectivity index (χ3n) is 8.21. The maximum atomic E-state index is 14.1. The molecule has 2 aromatic carbocycles. The summed E-state index contributed by atoms with van der Waals surface area (Å²) in [6.07, 6.45) is 3.27. The van der Waals surface area contributed by atoms with Crippen LogP contribution in [0.2, 0.25) is 0 Å². The van der Waals surface area contributed by atoms with Gasteiger partial charge in [-0.1, -0.05) is 19.8 Å². The van der Waals surface area contributed by atoms with E-state index in [2.05, 4.69) is 6.92 Å². The molecule has 11 nitrogen and oxygen atoms in total. The smallest absolute Gasteiger partial charge is 0.323 e. The highest BCUT2D eigenvalue weighted by atomic mass is 16.6. The maximum Gasteiger partial charge on any atom is 0.323 e. The van der Waals surface area contributed by atoms with E-state index in [-0.39, 0.29) is 17.4 Å².